The maximum atomic E-state index is 6.21. The van der Waals surface area contributed by atoms with Crippen LogP contribution in [0.3, 0.4) is 0 Å². The van der Waals surface area contributed by atoms with Gasteiger partial charge in [0.05, 0.1) is 0 Å². The lowest BCUT2D eigenvalue weighted by Gasteiger charge is -2.39. The quantitative estimate of drug-likeness (QED) is 0.835. The Morgan fingerprint density at radius 3 is 1.94 bits per heavy atom. The highest BCUT2D eigenvalue weighted by atomic mass is 35.5. The molecule has 2 rings (SSSR count). The molecule has 0 saturated heterocycles. The first-order valence-electron chi connectivity index (χ1n) is 6.26. The highest BCUT2D eigenvalue weighted by molar-refractivity contribution is 5.85. The zero-order valence-corrected chi connectivity index (χ0v) is 11.9. The first-order valence-corrected chi connectivity index (χ1v) is 6.26. The van der Waals surface area contributed by atoms with Crippen molar-refractivity contribution in [2.45, 2.75) is 69.5 Å². The van der Waals surface area contributed by atoms with E-state index in [4.69, 9.17) is 5.73 Å². The summed E-state index contributed by atoms with van der Waals surface area (Å²) in [7, 11) is 2.30. The second-order valence-corrected chi connectivity index (χ2v) is 5.12. The fourth-order valence-electron chi connectivity index (χ4n) is 3.23. The molecule has 0 radical (unpaired) electrons. The summed E-state index contributed by atoms with van der Waals surface area (Å²) in [4.78, 5) is 2.59. The fraction of sp³-hybridized carbons (Fsp3) is 1.00. The van der Waals surface area contributed by atoms with Crippen molar-refractivity contribution in [3.05, 3.63) is 0 Å². The number of hydrogen-bond donors (Lipinski definition) is 1. The summed E-state index contributed by atoms with van der Waals surface area (Å²) < 4.78 is 0. The number of nitrogens with zero attached hydrogens (tertiary/aromatic N) is 1. The molecule has 98 valence electrons. The third kappa shape index (κ3) is 3.76. The molecule has 2 aliphatic carbocycles. The lowest BCUT2D eigenvalue weighted by atomic mass is 9.89. The van der Waals surface area contributed by atoms with Crippen molar-refractivity contribution >= 4 is 24.8 Å². The Bertz CT molecular complexity index is 184. The molecule has 0 aromatic heterocycles. The number of rotatable bonds is 2. The molecule has 2 aliphatic rings. The third-order valence-corrected chi connectivity index (χ3v) is 4.21. The van der Waals surface area contributed by atoms with E-state index >= 15 is 0 Å². The normalized spacial score (nSPS) is 30.9. The van der Waals surface area contributed by atoms with Gasteiger partial charge in [0.15, 0.2) is 0 Å². The third-order valence-electron chi connectivity index (χ3n) is 4.21. The molecule has 2 saturated carbocycles. The summed E-state index contributed by atoms with van der Waals surface area (Å²) in [5.41, 5.74) is 6.21. The van der Waals surface area contributed by atoms with Crippen molar-refractivity contribution in [2.75, 3.05) is 7.05 Å². The Kier molecular flexibility index (Phi) is 8.00. The van der Waals surface area contributed by atoms with E-state index in [9.17, 15) is 0 Å². The van der Waals surface area contributed by atoms with Gasteiger partial charge in [0.25, 0.3) is 0 Å². The van der Waals surface area contributed by atoms with Crippen LogP contribution in [0.25, 0.3) is 0 Å². The van der Waals surface area contributed by atoms with E-state index in [-0.39, 0.29) is 24.8 Å². The fourth-order valence-corrected chi connectivity index (χ4v) is 3.23. The van der Waals surface area contributed by atoms with Crippen LogP contribution in [0.1, 0.15) is 51.4 Å². The largest absolute Gasteiger partial charge is 0.326 e. The zero-order valence-electron chi connectivity index (χ0n) is 10.2. The van der Waals surface area contributed by atoms with Gasteiger partial charge in [-0.25, -0.2) is 0 Å². The molecule has 0 unspecified atom stereocenters. The minimum atomic E-state index is 0. The molecule has 0 heterocycles. The van der Waals surface area contributed by atoms with Gasteiger partial charge in [-0.3, -0.25) is 4.90 Å². The number of hydrogen-bond acceptors (Lipinski definition) is 2. The van der Waals surface area contributed by atoms with E-state index in [0.717, 1.165) is 6.04 Å². The smallest absolute Gasteiger partial charge is 0.0247 e. The number of halogens is 2. The Morgan fingerprint density at radius 1 is 0.875 bits per heavy atom. The monoisotopic (exact) mass is 268 g/mol. The Labute approximate surface area is 112 Å². The lowest BCUT2D eigenvalue weighted by Crippen LogP contribution is -2.51. The molecule has 0 spiro atoms. The summed E-state index contributed by atoms with van der Waals surface area (Å²) >= 11 is 0. The highest BCUT2D eigenvalue weighted by Gasteiger charge is 2.30. The molecule has 0 amide bonds. The molecule has 2 fully saturated rings. The van der Waals surface area contributed by atoms with Gasteiger partial charge in [-0.05, 0) is 32.7 Å². The van der Waals surface area contributed by atoms with Crippen LogP contribution in [0, 0.1) is 0 Å². The molecule has 2 N–H and O–H groups in total. The molecule has 2 atom stereocenters. The predicted molar refractivity (Wildman–Crippen MR) is 74.7 cm³/mol. The van der Waals surface area contributed by atoms with E-state index in [2.05, 4.69) is 11.9 Å². The molecule has 2 nitrogen and oxygen atoms in total. The molecular formula is C12H26Cl2N2. The molecule has 0 aromatic carbocycles. The highest BCUT2D eigenvalue weighted by Crippen LogP contribution is 2.28. The van der Waals surface area contributed by atoms with E-state index < -0.39 is 0 Å². The van der Waals surface area contributed by atoms with E-state index in [0.29, 0.717) is 12.1 Å². The van der Waals surface area contributed by atoms with Crippen molar-refractivity contribution in [3.63, 3.8) is 0 Å². The van der Waals surface area contributed by atoms with Gasteiger partial charge in [-0.1, -0.05) is 25.7 Å². The standard InChI is InChI=1S/C12H24N2.2ClH/c1-14(10-6-2-3-7-10)12-9-5-4-8-11(12)13;;/h10-12H,2-9,13H2,1H3;2*1H/t11-,12-;;/m1../s1. The van der Waals surface area contributed by atoms with Gasteiger partial charge < -0.3 is 5.73 Å². The summed E-state index contributed by atoms with van der Waals surface area (Å²) in [5.74, 6) is 0. The van der Waals surface area contributed by atoms with Crippen LogP contribution >= 0.6 is 24.8 Å². The van der Waals surface area contributed by atoms with Crippen molar-refractivity contribution in [1.29, 1.82) is 0 Å². The minimum Gasteiger partial charge on any atom is -0.326 e. The average Bonchev–Trinajstić information content (AvgIpc) is 2.70. The van der Waals surface area contributed by atoms with Gasteiger partial charge >= 0.3 is 0 Å². The second kappa shape index (κ2) is 7.75. The predicted octanol–water partition coefficient (Wildman–Crippen LogP) is 2.97. The Hall–Kier alpha value is 0.500. The van der Waals surface area contributed by atoms with Gasteiger partial charge in [0.1, 0.15) is 0 Å². The number of likely N-dealkylation sites (N-methyl/N-ethyl adjacent to an activating group) is 1. The summed E-state index contributed by atoms with van der Waals surface area (Å²) in [6.45, 7) is 0. The van der Waals surface area contributed by atoms with Crippen LogP contribution in [0.2, 0.25) is 0 Å². The van der Waals surface area contributed by atoms with Crippen molar-refractivity contribution in [3.8, 4) is 0 Å². The van der Waals surface area contributed by atoms with Crippen molar-refractivity contribution in [1.82, 2.24) is 4.90 Å². The van der Waals surface area contributed by atoms with Gasteiger partial charge in [0.2, 0.25) is 0 Å². The van der Waals surface area contributed by atoms with E-state index in [1.54, 1.807) is 0 Å². The first kappa shape index (κ1) is 16.5. The van der Waals surface area contributed by atoms with E-state index in [1.165, 1.54) is 51.4 Å². The Balaban J connectivity index is 0.00000112. The van der Waals surface area contributed by atoms with Gasteiger partial charge in [-0.2, -0.15) is 0 Å². The summed E-state index contributed by atoms with van der Waals surface area (Å²) in [5, 5.41) is 0. The second-order valence-electron chi connectivity index (χ2n) is 5.12. The topological polar surface area (TPSA) is 29.3 Å². The molecule has 16 heavy (non-hydrogen) atoms. The first-order chi connectivity index (χ1) is 6.79. The van der Waals surface area contributed by atoms with Crippen LogP contribution in [0.5, 0.6) is 0 Å². The molecule has 0 bridgehead atoms. The van der Waals surface area contributed by atoms with Crippen LogP contribution in [-0.4, -0.2) is 30.1 Å². The molecule has 0 aliphatic heterocycles. The van der Waals surface area contributed by atoms with Crippen molar-refractivity contribution in [2.24, 2.45) is 5.73 Å². The summed E-state index contributed by atoms with van der Waals surface area (Å²) in [6.07, 6.45) is 11.0. The number of nitrogens with two attached hydrogens (primary N) is 1. The Morgan fingerprint density at radius 2 is 1.38 bits per heavy atom. The SMILES string of the molecule is CN(C1CCCC1)[C@@H]1CCCC[C@H]1N.Cl.Cl. The minimum absolute atomic E-state index is 0. The van der Waals surface area contributed by atoms with Gasteiger partial charge in [-0.15, -0.1) is 24.8 Å². The maximum Gasteiger partial charge on any atom is 0.0247 e. The van der Waals surface area contributed by atoms with Crippen LogP contribution in [0.4, 0.5) is 0 Å². The lowest BCUT2D eigenvalue weighted by molar-refractivity contribution is 0.122. The van der Waals surface area contributed by atoms with Crippen molar-refractivity contribution < 1.29 is 0 Å². The zero-order chi connectivity index (χ0) is 9.97. The van der Waals surface area contributed by atoms with Crippen LogP contribution in [0.15, 0.2) is 0 Å². The molecular weight excluding hydrogens is 243 g/mol. The maximum absolute atomic E-state index is 6.21. The van der Waals surface area contributed by atoms with Gasteiger partial charge in [0, 0.05) is 18.1 Å². The summed E-state index contributed by atoms with van der Waals surface area (Å²) in [6, 6.07) is 1.95. The molecule has 0 aromatic rings. The molecule has 4 heteroatoms. The van der Waals surface area contributed by atoms with E-state index in [1.807, 2.05) is 0 Å². The van der Waals surface area contributed by atoms with Crippen LogP contribution in [-0.2, 0) is 0 Å². The van der Waals surface area contributed by atoms with Crippen LogP contribution < -0.4 is 5.73 Å². The average molecular weight is 269 g/mol.